The SMILES string of the molecule is O=C(Nc1nnc(SCc2ccc(Cl)cc2)s1)c1cccc(S(=O)(=O)N2CCCC2)c1. The Morgan fingerprint density at radius 1 is 1.13 bits per heavy atom. The molecular formula is C20H19ClN4O3S3. The summed E-state index contributed by atoms with van der Waals surface area (Å²) in [5, 5.41) is 11.8. The van der Waals surface area contributed by atoms with Gasteiger partial charge in [0.15, 0.2) is 4.34 Å². The molecule has 1 fully saturated rings. The number of nitrogens with zero attached hydrogens (tertiary/aromatic N) is 3. The van der Waals surface area contributed by atoms with Crippen molar-refractivity contribution in [2.45, 2.75) is 27.8 Å². The molecular weight excluding hydrogens is 476 g/mol. The van der Waals surface area contributed by atoms with Crippen LogP contribution in [0, 0.1) is 0 Å². The van der Waals surface area contributed by atoms with Gasteiger partial charge in [-0.05, 0) is 48.7 Å². The average molecular weight is 495 g/mol. The fourth-order valence-corrected chi connectivity index (χ4v) is 6.48. The maximum absolute atomic E-state index is 12.7. The van der Waals surface area contributed by atoms with Crippen molar-refractivity contribution in [2.75, 3.05) is 18.4 Å². The zero-order valence-electron chi connectivity index (χ0n) is 16.3. The van der Waals surface area contributed by atoms with E-state index in [1.165, 1.54) is 39.5 Å². The third kappa shape index (κ3) is 5.45. The van der Waals surface area contributed by atoms with Gasteiger partial charge in [-0.2, -0.15) is 4.31 Å². The van der Waals surface area contributed by atoms with Gasteiger partial charge in [0.05, 0.1) is 4.90 Å². The molecule has 1 amide bonds. The summed E-state index contributed by atoms with van der Waals surface area (Å²) in [5.41, 5.74) is 1.36. The van der Waals surface area contributed by atoms with Crippen LogP contribution in [0.3, 0.4) is 0 Å². The number of hydrogen-bond donors (Lipinski definition) is 1. The number of benzene rings is 2. The molecule has 162 valence electrons. The van der Waals surface area contributed by atoms with E-state index in [2.05, 4.69) is 15.5 Å². The maximum atomic E-state index is 12.7. The summed E-state index contributed by atoms with van der Waals surface area (Å²) in [6.07, 6.45) is 1.71. The Balaban J connectivity index is 1.40. The molecule has 1 N–H and O–H groups in total. The van der Waals surface area contributed by atoms with Crippen LogP contribution in [0.5, 0.6) is 0 Å². The van der Waals surface area contributed by atoms with Gasteiger partial charge in [-0.25, -0.2) is 8.42 Å². The van der Waals surface area contributed by atoms with Crippen LogP contribution in [0.4, 0.5) is 5.13 Å². The van der Waals surface area contributed by atoms with Gasteiger partial charge in [-0.1, -0.05) is 52.9 Å². The average Bonchev–Trinajstić information content (AvgIpc) is 3.46. The van der Waals surface area contributed by atoms with E-state index in [4.69, 9.17) is 11.6 Å². The molecule has 11 heteroatoms. The summed E-state index contributed by atoms with van der Waals surface area (Å²) in [6, 6.07) is 13.6. The molecule has 2 heterocycles. The van der Waals surface area contributed by atoms with Gasteiger partial charge >= 0.3 is 0 Å². The van der Waals surface area contributed by atoms with E-state index in [1.807, 2.05) is 24.3 Å². The minimum Gasteiger partial charge on any atom is -0.296 e. The summed E-state index contributed by atoms with van der Waals surface area (Å²) in [6.45, 7) is 1.03. The first-order valence-electron chi connectivity index (χ1n) is 9.54. The number of thioether (sulfide) groups is 1. The first-order valence-corrected chi connectivity index (χ1v) is 13.2. The van der Waals surface area contributed by atoms with Crippen LogP contribution in [0.2, 0.25) is 5.02 Å². The first-order chi connectivity index (χ1) is 14.9. The molecule has 0 bridgehead atoms. The topological polar surface area (TPSA) is 92.3 Å². The van der Waals surface area contributed by atoms with E-state index in [0.717, 1.165) is 22.7 Å². The Kier molecular flexibility index (Phi) is 6.92. The van der Waals surface area contributed by atoms with Crippen LogP contribution in [0.1, 0.15) is 28.8 Å². The normalized spacial score (nSPS) is 14.6. The molecule has 4 rings (SSSR count). The predicted molar refractivity (Wildman–Crippen MR) is 123 cm³/mol. The molecule has 1 saturated heterocycles. The Labute approximate surface area is 193 Å². The maximum Gasteiger partial charge on any atom is 0.257 e. The molecule has 0 aliphatic carbocycles. The molecule has 1 aliphatic rings. The van der Waals surface area contributed by atoms with Crippen LogP contribution in [0.15, 0.2) is 57.8 Å². The molecule has 1 aliphatic heterocycles. The number of rotatable bonds is 7. The van der Waals surface area contributed by atoms with Gasteiger partial charge in [0.25, 0.3) is 5.91 Å². The highest BCUT2D eigenvalue weighted by molar-refractivity contribution is 8.00. The molecule has 31 heavy (non-hydrogen) atoms. The zero-order valence-corrected chi connectivity index (χ0v) is 19.5. The first kappa shape index (κ1) is 22.2. The van der Waals surface area contributed by atoms with E-state index in [-0.39, 0.29) is 10.5 Å². The number of hydrogen-bond acceptors (Lipinski definition) is 7. The Bertz CT molecular complexity index is 1180. The lowest BCUT2D eigenvalue weighted by Gasteiger charge is -2.15. The minimum atomic E-state index is -3.58. The standard InChI is InChI=1S/C20H19ClN4O3S3/c21-16-8-6-14(7-9-16)13-29-20-24-23-19(30-20)22-18(26)15-4-3-5-17(12-15)31(27,28)25-10-1-2-11-25/h3-9,12H,1-2,10-11,13H2,(H,22,23,26). The van der Waals surface area contributed by atoms with Gasteiger partial charge in [-0.15, -0.1) is 10.2 Å². The fourth-order valence-electron chi connectivity index (χ4n) is 3.09. The van der Waals surface area contributed by atoms with Crippen LogP contribution in [0.25, 0.3) is 0 Å². The summed E-state index contributed by atoms with van der Waals surface area (Å²) in [5.74, 6) is 0.278. The summed E-state index contributed by atoms with van der Waals surface area (Å²) < 4.78 is 27.7. The van der Waals surface area contributed by atoms with Crippen molar-refractivity contribution in [3.63, 3.8) is 0 Å². The molecule has 2 aromatic carbocycles. The Hall–Kier alpha value is -1.98. The van der Waals surface area contributed by atoms with Crippen molar-refractivity contribution in [3.8, 4) is 0 Å². The molecule has 1 aromatic heterocycles. The lowest BCUT2D eigenvalue weighted by molar-refractivity contribution is 0.102. The molecule has 0 radical (unpaired) electrons. The third-order valence-electron chi connectivity index (χ3n) is 4.70. The zero-order chi connectivity index (χ0) is 21.8. The van der Waals surface area contributed by atoms with E-state index in [1.54, 1.807) is 12.1 Å². The number of amides is 1. The minimum absolute atomic E-state index is 0.124. The number of halogens is 1. The summed E-state index contributed by atoms with van der Waals surface area (Å²) >= 11 is 8.67. The molecule has 0 spiro atoms. The highest BCUT2D eigenvalue weighted by Crippen LogP contribution is 2.29. The number of carbonyl (C=O) groups is 1. The van der Waals surface area contributed by atoms with Gasteiger partial charge in [-0.3, -0.25) is 10.1 Å². The second-order valence-corrected chi connectivity index (χ2v) is 11.5. The third-order valence-corrected chi connectivity index (χ3v) is 8.89. The smallest absolute Gasteiger partial charge is 0.257 e. The monoisotopic (exact) mass is 494 g/mol. The van der Waals surface area contributed by atoms with Crippen LogP contribution >= 0.6 is 34.7 Å². The fraction of sp³-hybridized carbons (Fsp3) is 0.250. The van der Waals surface area contributed by atoms with Crippen molar-refractivity contribution < 1.29 is 13.2 Å². The lowest BCUT2D eigenvalue weighted by atomic mass is 10.2. The number of nitrogens with one attached hydrogen (secondary N) is 1. The second-order valence-electron chi connectivity index (χ2n) is 6.88. The van der Waals surface area contributed by atoms with Gasteiger partial charge in [0, 0.05) is 29.4 Å². The number of sulfonamides is 1. The van der Waals surface area contributed by atoms with E-state index >= 15 is 0 Å². The van der Waals surface area contributed by atoms with Gasteiger partial charge < -0.3 is 0 Å². The van der Waals surface area contributed by atoms with E-state index in [9.17, 15) is 13.2 Å². The molecule has 0 saturated carbocycles. The number of aromatic nitrogens is 2. The van der Waals surface area contributed by atoms with E-state index < -0.39 is 15.9 Å². The van der Waals surface area contributed by atoms with Gasteiger partial charge in [0.1, 0.15) is 0 Å². The highest BCUT2D eigenvalue weighted by atomic mass is 35.5. The van der Waals surface area contributed by atoms with E-state index in [0.29, 0.717) is 29.0 Å². The molecule has 0 atom stereocenters. The number of carbonyl (C=O) groups excluding carboxylic acids is 1. The second kappa shape index (κ2) is 9.66. The number of anilines is 1. The largest absolute Gasteiger partial charge is 0.296 e. The molecule has 7 nitrogen and oxygen atoms in total. The highest BCUT2D eigenvalue weighted by Gasteiger charge is 2.27. The van der Waals surface area contributed by atoms with Crippen molar-refractivity contribution in [1.82, 2.24) is 14.5 Å². The Morgan fingerprint density at radius 3 is 2.61 bits per heavy atom. The molecule has 0 unspecified atom stereocenters. The van der Waals surface area contributed by atoms with Crippen molar-refractivity contribution >= 4 is 55.8 Å². The predicted octanol–water partition coefficient (Wildman–Crippen LogP) is 4.52. The summed E-state index contributed by atoms with van der Waals surface area (Å²) in [7, 11) is -3.58. The van der Waals surface area contributed by atoms with Crippen LogP contribution in [-0.2, 0) is 15.8 Å². The lowest BCUT2D eigenvalue weighted by Crippen LogP contribution is -2.28. The molecule has 3 aromatic rings. The van der Waals surface area contributed by atoms with Crippen molar-refractivity contribution in [3.05, 3.63) is 64.7 Å². The van der Waals surface area contributed by atoms with Crippen molar-refractivity contribution in [2.24, 2.45) is 0 Å². The van der Waals surface area contributed by atoms with Gasteiger partial charge in [0.2, 0.25) is 15.2 Å². The quantitative estimate of drug-likeness (QED) is 0.383. The Morgan fingerprint density at radius 2 is 1.87 bits per heavy atom. The summed E-state index contributed by atoms with van der Waals surface area (Å²) in [4.78, 5) is 12.8. The van der Waals surface area contributed by atoms with Crippen LogP contribution < -0.4 is 5.32 Å². The van der Waals surface area contributed by atoms with Crippen LogP contribution in [-0.4, -0.2) is 41.9 Å². The van der Waals surface area contributed by atoms with Crippen molar-refractivity contribution in [1.29, 1.82) is 0 Å².